The summed E-state index contributed by atoms with van der Waals surface area (Å²) in [5.41, 5.74) is 0. The lowest BCUT2D eigenvalue weighted by atomic mass is 12.0. The standard InChI is InChI=1S/2CH4.2HNO3/c;;2*2-1(3)4/h2*1H4;2*(H,2,3,4). The van der Waals surface area contributed by atoms with Gasteiger partial charge in [0.15, 0.2) is 0 Å². The largest absolute Gasteiger partial charge is 0.328 e. The summed E-state index contributed by atoms with van der Waals surface area (Å²) in [6, 6.07) is 0. The first kappa shape index (κ1) is 23.8. The van der Waals surface area contributed by atoms with Crippen molar-refractivity contribution in [1.29, 1.82) is 0 Å². The average molecular weight is 158 g/mol. The maximum Gasteiger partial charge on any atom is 0.291 e. The van der Waals surface area contributed by atoms with E-state index in [1.54, 1.807) is 0 Å². The van der Waals surface area contributed by atoms with Crippen molar-refractivity contribution in [3.8, 4) is 0 Å². The SMILES string of the molecule is C.C.O=[N+]([O-])O.O=[N+]([O-])O. The third-order valence-corrected chi connectivity index (χ3v) is 0. The van der Waals surface area contributed by atoms with E-state index in [1.165, 1.54) is 0 Å². The normalized spacial score (nSPS) is 4.80. The molecule has 0 aromatic carbocycles. The van der Waals surface area contributed by atoms with E-state index in [9.17, 15) is 0 Å². The second-order valence-electron chi connectivity index (χ2n) is 0.476. The zero-order valence-corrected chi connectivity index (χ0v) is 3.42. The van der Waals surface area contributed by atoms with Gasteiger partial charge in [-0.15, -0.1) is 20.2 Å². The van der Waals surface area contributed by atoms with Crippen LogP contribution in [0.4, 0.5) is 0 Å². The molecule has 0 saturated carbocycles. The summed E-state index contributed by atoms with van der Waals surface area (Å²) in [7, 11) is 0. The molecule has 0 unspecified atom stereocenters. The highest BCUT2D eigenvalue weighted by Gasteiger charge is 1.65. The fourth-order valence-electron chi connectivity index (χ4n) is 0. The van der Waals surface area contributed by atoms with E-state index < -0.39 is 10.2 Å². The lowest BCUT2D eigenvalue weighted by Crippen LogP contribution is -1.81. The first-order chi connectivity index (χ1) is 3.46. The molecule has 0 radical (unpaired) electrons. The van der Waals surface area contributed by atoms with Gasteiger partial charge in [-0.3, -0.25) is 0 Å². The van der Waals surface area contributed by atoms with Crippen LogP contribution in [0.3, 0.4) is 0 Å². The molecule has 0 bridgehead atoms. The molecule has 0 fully saturated rings. The van der Waals surface area contributed by atoms with E-state index in [-0.39, 0.29) is 14.9 Å². The van der Waals surface area contributed by atoms with Crippen LogP contribution in [0.25, 0.3) is 0 Å². The van der Waals surface area contributed by atoms with Crippen molar-refractivity contribution >= 4 is 0 Å². The number of hydrogen-bond donors (Lipinski definition) is 2. The van der Waals surface area contributed by atoms with Crippen molar-refractivity contribution in [3.05, 3.63) is 20.2 Å². The zero-order chi connectivity index (χ0) is 7.15. The smallest absolute Gasteiger partial charge is 0.291 e. The molecule has 0 saturated heterocycles. The van der Waals surface area contributed by atoms with E-state index in [1.807, 2.05) is 0 Å². The van der Waals surface area contributed by atoms with E-state index in [0.29, 0.717) is 0 Å². The lowest BCUT2D eigenvalue weighted by Gasteiger charge is -1.56. The number of hydrogen-bond acceptors (Lipinski definition) is 4. The fourth-order valence-corrected chi connectivity index (χ4v) is 0. The van der Waals surface area contributed by atoms with E-state index in [4.69, 9.17) is 30.6 Å². The van der Waals surface area contributed by atoms with Gasteiger partial charge in [0.1, 0.15) is 0 Å². The third kappa shape index (κ3) is 72.9. The second kappa shape index (κ2) is 15.7. The number of rotatable bonds is 0. The first-order valence-corrected chi connectivity index (χ1v) is 1.13. The van der Waals surface area contributed by atoms with Gasteiger partial charge in [0, 0.05) is 0 Å². The Morgan fingerprint density at radius 3 is 0.900 bits per heavy atom. The van der Waals surface area contributed by atoms with Crippen molar-refractivity contribution in [2.75, 3.05) is 0 Å². The average Bonchev–Trinajstić information content (AvgIpc) is 1.25. The Morgan fingerprint density at radius 1 is 0.900 bits per heavy atom. The molecule has 8 heteroatoms. The summed E-state index contributed by atoms with van der Waals surface area (Å²) < 4.78 is 0. The Balaban J connectivity index is -0.0000000300. The van der Waals surface area contributed by atoms with Crippen LogP contribution in [-0.4, -0.2) is 20.6 Å². The van der Waals surface area contributed by atoms with Gasteiger partial charge in [0.25, 0.3) is 10.2 Å². The molecule has 0 heterocycles. The van der Waals surface area contributed by atoms with Crippen molar-refractivity contribution in [1.82, 2.24) is 0 Å². The molecule has 0 aromatic heterocycles. The highest BCUT2D eigenvalue weighted by molar-refractivity contribution is 3.83. The maximum absolute atomic E-state index is 8.36. The van der Waals surface area contributed by atoms with Crippen LogP contribution in [0, 0.1) is 20.2 Å². The van der Waals surface area contributed by atoms with Crippen molar-refractivity contribution < 1.29 is 20.6 Å². The topological polar surface area (TPSA) is 127 Å². The van der Waals surface area contributed by atoms with Crippen LogP contribution in [-0.2, 0) is 0 Å². The summed E-state index contributed by atoms with van der Waals surface area (Å²) in [6.45, 7) is 0. The van der Waals surface area contributed by atoms with E-state index in [0.717, 1.165) is 0 Å². The van der Waals surface area contributed by atoms with Gasteiger partial charge in [-0.05, 0) is 0 Å². The Morgan fingerprint density at radius 2 is 0.900 bits per heavy atom. The summed E-state index contributed by atoms with van der Waals surface area (Å²) >= 11 is 0. The molecule has 0 spiro atoms. The summed E-state index contributed by atoms with van der Waals surface area (Å²) in [5, 5.41) is 27.3. The fraction of sp³-hybridized carbons (Fsp3) is 1.00. The molecule has 0 aliphatic rings. The zero-order valence-electron chi connectivity index (χ0n) is 3.42. The van der Waals surface area contributed by atoms with Crippen LogP contribution in [0.5, 0.6) is 0 Å². The lowest BCUT2D eigenvalue weighted by molar-refractivity contribution is -0.742. The summed E-state index contributed by atoms with van der Waals surface area (Å²) in [6.07, 6.45) is 0. The van der Waals surface area contributed by atoms with Gasteiger partial charge < -0.3 is 10.4 Å². The molecule has 0 atom stereocenters. The Labute approximate surface area is 56.9 Å². The molecule has 0 rings (SSSR count). The summed E-state index contributed by atoms with van der Waals surface area (Å²) in [5.74, 6) is 0. The predicted octanol–water partition coefficient (Wildman–Crippen LogP) is 0.577. The van der Waals surface area contributed by atoms with Crippen LogP contribution >= 0.6 is 0 Å². The van der Waals surface area contributed by atoms with Gasteiger partial charge in [0.05, 0.1) is 0 Å². The van der Waals surface area contributed by atoms with Crippen LogP contribution in [0.2, 0.25) is 0 Å². The van der Waals surface area contributed by atoms with E-state index >= 15 is 0 Å². The minimum atomic E-state index is -1.50. The Bertz CT molecular complexity index is 71.7. The van der Waals surface area contributed by atoms with Gasteiger partial charge in [-0.2, -0.15) is 0 Å². The molecular formula is C2H10N2O6. The molecule has 2 N–H and O–H groups in total. The van der Waals surface area contributed by atoms with Gasteiger partial charge in [-0.25, -0.2) is 0 Å². The Kier molecular flexibility index (Phi) is 37.2. The van der Waals surface area contributed by atoms with Crippen LogP contribution in [0.1, 0.15) is 14.9 Å². The monoisotopic (exact) mass is 158 g/mol. The minimum Gasteiger partial charge on any atom is -0.328 e. The molecule has 0 aromatic rings. The van der Waals surface area contributed by atoms with Crippen LogP contribution in [0.15, 0.2) is 0 Å². The van der Waals surface area contributed by atoms with Gasteiger partial charge in [0.2, 0.25) is 0 Å². The molecule has 8 nitrogen and oxygen atoms in total. The second-order valence-corrected chi connectivity index (χ2v) is 0.476. The Hall–Kier alpha value is -1.60. The minimum absolute atomic E-state index is 0. The highest BCUT2D eigenvalue weighted by atomic mass is 16.9. The number of nitrogens with zero attached hydrogens (tertiary/aromatic N) is 2. The van der Waals surface area contributed by atoms with E-state index in [2.05, 4.69) is 0 Å². The van der Waals surface area contributed by atoms with Crippen molar-refractivity contribution in [2.45, 2.75) is 14.9 Å². The van der Waals surface area contributed by atoms with Crippen molar-refractivity contribution in [3.63, 3.8) is 0 Å². The van der Waals surface area contributed by atoms with Gasteiger partial charge in [-0.1, -0.05) is 14.9 Å². The summed E-state index contributed by atoms with van der Waals surface area (Å²) in [4.78, 5) is 16.7. The third-order valence-electron chi connectivity index (χ3n) is 0. The molecule has 64 valence electrons. The molecule has 0 aliphatic carbocycles. The predicted molar refractivity (Wildman–Crippen MR) is 31.0 cm³/mol. The molecule has 10 heavy (non-hydrogen) atoms. The molecule has 0 aliphatic heterocycles. The van der Waals surface area contributed by atoms with Gasteiger partial charge >= 0.3 is 0 Å². The molecule has 0 amide bonds. The molecular weight excluding hydrogens is 148 g/mol. The van der Waals surface area contributed by atoms with Crippen molar-refractivity contribution in [2.24, 2.45) is 0 Å². The first-order valence-electron chi connectivity index (χ1n) is 1.13. The highest BCUT2D eigenvalue weighted by Crippen LogP contribution is 1.38. The maximum atomic E-state index is 8.36. The van der Waals surface area contributed by atoms with Crippen LogP contribution < -0.4 is 0 Å². The quantitative estimate of drug-likeness (QED) is 0.392.